The van der Waals surface area contributed by atoms with Crippen LogP contribution in [0.4, 0.5) is 10.1 Å². The van der Waals surface area contributed by atoms with Gasteiger partial charge in [-0.1, -0.05) is 31.0 Å². The van der Waals surface area contributed by atoms with Gasteiger partial charge >= 0.3 is 0 Å². The molecule has 0 radical (unpaired) electrons. The number of piperidine rings is 1. The Hall–Kier alpha value is -1.13. The van der Waals surface area contributed by atoms with E-state index in [1.807, 2.05) is 0 Å². The Balaban J connectivity index is 2.02. The minimum absolute atomic E-state index is 0.0147. The summed E-state index contributed by atoms with van der Waals surface area (Å²) in [6, 6.07) is 4.33. The van der Waals surface area contributed by atoms with Crippen molar-refractivity contribution in [3.05, 3.63) is 29.0 Å². The average Bonchev–Trinajstić information content (AvgIpc) is 2.44. The number of anilines is 1. The van der Waals surface area contributed by atoms with E-state index in [4.69, 9.17) is 11.6 Å². The third-order valence-electron chi connectivity index (χ3n) is 3.62. The molecule has 0 saturated carbocycles. The zero-order valence-electron chi connectivity index (χ0n) is 10.9. The molecule has 0 bridgehead atoms. The van der Waals surface area contributed by atoms with Crippen molar-refractivity contribution in [2.75, 3.05) is 11.9 Å². The molecule has 1 saturated heterocycles. The van der Waals surface area contributed by atoms with Gasteiger partial charge in [0, 0.05) is 0 Å². The van der Waals surface area contributed by atoms with Gasteiger partial charge in [-0.3, -0.25) is 4.79 Å². The fourth-order valence-corrected chi connectivity index (χ4v) is 2.56. The quantitative estimate of drug-likeness (QED) is 0.895. The SMILES string of the molecule is CCC1CCNC(C(=O)Nc2cccc(Cl)c2F)C1. The third kappa shape index (κ3) is 3.45. The van der Waals surface area contributed by atoms with Crippen LogP contribution >= 0.6 is 11.6 Å². The fraction of sp³-hybridized carbons (Fsp3) is 0.500. The van der Waals surface area contributed by atoms with Crippen molar-refractivity contribution in [3.8, 4) is 0 Å². The highest BCUT2D eigenvalue weighted by Gasteiger charge is 2.26. The first-order chi connectivity index (χ1) is 9.11. The summed E-state index contributed by atoms with van der Waals surface area (Å²) in [4.78, 5) is 12.1. The first-order valence-electron chi connectivity index (χ1n) is 6.60. The summed E-state index contributed by atoms with van der Waals surface area (Å²) in [7, 11) is 0. The zero-order chi connectivity index (χ0) is 13.8. The van der Waals surface area contributed by atoms with E-state index in [9.17, 15) is 9.18 Å². The van der Waals surface area contributed by atoms with Crippen molar-refractivity contribution in [2.45, 2.75) is 32.2 Å². The molecule has 19 heavy (non-hydrogen) atoms. The van der Waals surface area contributed by atoms with Crippen molar-refractivity contribution >= 4 is 23.2 Å². The van der Waals surface area contributed by atoms with Crippen LogP contribution in [0.2, 0.25) is 5.02 Å². The maximum absolute atomic E-state index is 13.7. The summed E-state index contributed by atoms with van der Waals surface area (Å²) in [5, 5.41) is 5.79. The van der Waals surface area contributed by atoms with Gasteiger partial charge in [0.25, 0.3) is 0 Å². The van der Waals surface area contributed by atoms with Crippen LogP contribution in [0, 0.1) is 11.7 Å². The molecule has 104 valence electrons. The maximum atomic E-state index is 13.7. The normalized spacial score (nSPS) is 23.1. The molecule has 5 heteroatoms. The molecule has 0 aromatic heterocycles. The zero-order valence-corrected chi connectivity index (χ0v) is 11.6. The van der Waals surface area contributed by atoms with E-state index in [2.05, 4.69) is 17.6 Å². The molecule has 1 aliphatic heterocycles. The monoisotopic (exact) mass is 284 g/mol. The Morgan fingerprint density at radius 1 is 1.58 bits per heavy atom. The Morgan fingerprint density at radius 2 is 2.37 bits per heavy atom. The highest BCUT2D eigenvalue weighted by atomic mass is 35.5. The second-order valence-corrected chi connectivity index (χ2v) is 5.30. The first-order valence-corrected chi connectivity index (χ1v) is 6.98. The topological polar surface area (TPSA) is 41.1 Å². The highest BCUT2D eigenvalue weighted by molar-refractivity contribution is 6.31. The number of amides is 1. The van der Waals surface area contributed by atoms with Gasteiger partial charge < -0.3 is 10.6 Å². The van der Waals surface area contributed by atoms with Gasteiger partial charge in [0.05, 0.1) is 16.8 Å². The number of rotatable bonds is 3. The molecule has 2 N–H and O–H groups in total. The van der Waals surface area contributed by atoms with Crippen molar-refractivity contribution < 1.29 is 9.18 Å². The van der Waals surface area contributed by atoms with Crippen LogP contribution in [0.1, 0.15) is 26.2 Å². The van der Waals surface area contributed by atoms with Crippen LogP contribution in [0.3, 0.4) is 0 Å². The minimum Gasteiger partial charge on any atom is -0.322 e. The number of hydrogen-bond acceptors (Lipinski definition) is 2. The number of benzene rings is 1. The molecule has 1 amide bonds. The summed E-state index contributed by atoms with van der Waals surface area (Å²) < 4.78 is 13.7. The van der Waals surface area contributed by atoms with Crippen molar-refractivity contribution in [1.82, 2.24) is 5.32 Å². The lowest BCUT2D eigenvalue weighted by atomic mass is 9.90. The van der Waals surface area contributed by atoms with Crippen molar-refractivity contribution in [1.29, 1.82) is 0 Å². The third-order valence-corrected chi connectivity index (χ3v) is 3.91. The lowest BCUT2D eigenvalue weighted by Crippen LogP contribution is -2.46. The molecule has 2 unspecified atom stereocenters. The first kappa shape index (κ1) is 14.3. The predicted octanol–water partition coefficient (Wildman–Crippen LogP) is 3.20. The van der Waals surface area contributed by atoms with E-state index >= 15 is 0 Å². The summed E-state index contributed by atoms with van der Waals surface area (Å²) in [6.45, 7) is 2.95. The predicted molar refractivity (Wildman–Crippen MR) is 74.8 cm³/mol. The summed E-state index contributed by atoms with van der Waals surface area (Å²) >= 11 is 5.69. The van der Waals surface area contributed by atoms with E-state index in [1.54, 1.807) is 6.07 Å². The van der Waals surface area contributed by atoms with Gasteiger partial charge in [0.2, 0.25) is 5.91 Å². The van der Waals surface area contributed by atoms with Crippen molar-refractivity contribution in [3.63, 3.8) is 0 Å². The van der Waals surface area contributed by atoms with Crippen LogP contribution in [0.15, 0.2) is 18.2 Å². The van der Waals surface area contributed by atoms with Crippen molar-refractivity contribution in [2.24, 2.45) is 5.92 Å². The molecule has 0 spiro atoms. The number of hydrogen-bond donors (Lipinski definition) is 2. The molecule has 2 rings (SSSR count). The van der Waals surface area contributed by atoms with Gasteiger partial charge in [-0.05, 0) is 37.4 Å². The van der Waals surface area contributed by atoms with Crippen LogP contribution in [0.25, 0.3) is 0 Å². The van der Waals surface area contributed by atoms with Gasteiger partial charge in [0.1, 0.15) is 0 Å². The lowest BCUT2D eigenvalue weighted by Gasteiger charge is -2.28. The molecular weight excluding hydrogens is 267 g/mol. The molecule has 2 atom stereocenters. The van der Waals surface area contributed by atoms with Crippen LogP contribution < -0.4 is 10.6 Å². The Kier molecular flexibility index (Phi) is 4.77. The number of halogens is 2. The fourth-order valence-electron chi connectivity index (χ4n) is 2.39. The Bertz CT molecular complexity index is 467. The lowest BCUT2D eigenvalue weighted by molar-refractivity contribution is -0.119. The molecule has 1 fully saturated rings. The van der Waals surface area contributed by atoms with Crippen LogP contribution in [-0.2, 0) is 4.79 Å². The summed E-state index contributed by atoms with van der Waals surface area (Å²) in [5.74, 6) is -0.221. The van der Waals surface area contributed by atoms with E-state index in [0.717, 1.165) is 25.8 Å². The van der Waals surface area contributed by atoms with E-state index < -0.39 is 5.82 Å². The molecule has 1 aromatic carbocycles. The van der Waals surface area contributed by atoms with Crippen LogP contribution in [0.5, 0.6) is 0 Å². The van der Waals surface area contributed by atoms with Gasteiger partial charge in [-0.25, -0.2) is 4.39 Å². The largest absolute Gasteiger partial charge is 0.322 e. The Morgan fingerprint density at radius 3 is 3.11 bits per heavy atom. The minimum atomic E-state index is -0.583. The van der Waals surface area contributed by atoms with E-state index in [-0.39, 0.29) is 22.7 Å². The van der Waals surface area contributed by atoms with Gasteiger partial charge in [-0.2, -0.15) is 0 Å². The van der Waals surface area contributed by atoms with E-state index in [1.165, 1.54) is 12.1 Å². The second kappa shape index (κ2) is 6.35. The smallest absolute Gasteiger partial charge is 0.241 e. The summed E-state index contributed by atoms with van der Waals surface area (Å²) in [5.41, 5.74) is 0.137. The highest BCUT2D eigenvalue weighted by Crippen LogP contribution is 2.24. The molecule has 3 nitrogen and oxygen atoms in total. The second-order valence-electron chi connectivity index (χ2n) is 4.90. The maximum Gasteiger partial charge on any atom is 0.241 e. The standard InChI is InChI=1S/C14H18ClFN2O/c1-2-9-6-7-17-12(8-9)14(19)18-11-5-3-4-10(15)13(11)16/h3-5,9,12,17H,2,6-8H2,1H3,(H,18,19). The molecule has 1 aromatic rings. The number of carbonyl (C=O) groups is 1. The number of carbonyl (C=O) groups excluding carboxylic acids is 1. The summed E-state index contributed by atoms with van der Waals surface area (Å²) in [6.07, 6.45) is 2.95. The Labute approximate surface area is 117 Å². The van der Waals surface area contributed by atoms with Gasteiger partial charge in [0.15, 0.2) is 5.82 Å². The van der Waals surface area contributed by atoms with Gasteiger partial charge in [-0.15, -0.1) is 0 Å². The molecule has 1 heterocycles. The molecule has 0 aliphatic carbocycles. The molecular formula is C14H18ClFN2O. The van der Waals surface area contributed by atoms with Crippen LogP contribution in [-0.4, -0.2) is 18.5 Å². The molecule has 1 aliphatic rings. The number of nitrogens with one attached hydrogen (secondary N) is 2. The van der Waals surface area contributed by atoms with E-state index in [0.29, 0.717) is 5.92 Å². The average molecular weight is 285 g/mol.